The van der Waals surface area contributed by atoms with Gasteiger partial charge in [0.25, 0.3) is 0 Å². The van der Waals surface area contributed by atoms with E-state index in [4.69, 9.17) is 4.74 Å². The predicted molar refractivity (Wildman–Crippen MR) is 91.2 cm³/mol. The molecule has 2 aromatic rings. The zero-order chi connectivity index (χ0) is 15.3. The fourth-order valence-electron chi connectivity index (χ4n) is 2.13. The SMILES string of the molecule is CCC(C)(C)c1ccc(OCc2ccc(CNC)s2)cc1. The van der Waals surface area contributed by atoms with E-state index in [9.17, 15) is 0 Å². The van der Waals surface area contributed by atoms with Gasteiger partial charge in [0, 0.05) is 16.3 Å². The van der Waals surface area contributed by atoms with Gasteiger partial charge < -0.3 is 10.1 Å². The summed E-state index contributed by atoms with van der Waals surface area (Å²) in [5, 5.41) is 3.17. The molecule has 21 heavy (non-hydrogen) atoms. The van der Waals surface area contributed by atoms with Crippen molar-refractivity contribution in [2.75, 3.05) is 7.05 Å². The van der Waals surface area contributed by atoms with E-state index in [0.29, 0.717) is 6.61 Å². The van der Waals surface area contributed by atoms with Crippen molar-refractivity contribution in [2.24, 2.45) is 0 Å². The van der Waals surface area contributed by atoms with Crippen molar-refractivity contribution < 1.29 is 4.74 Å². The van der Waals surface area contributed by atoms with Crippen LogP contribution >= 0.6 is 11.3 Å². The van der Waals surface area contributed by atoms with Crippen molar-refractivity contribution in [3.05, 3.63) is 51.7 Å². The summed E-state index contributed by atoms with van der Waals surface area (Å²) in [6, 6.07) is 12.8. The van der Waals surface area contributed by atoms with Gasteiger partial charge in [0.05, 0.1) is 0 Å². The van der Waals surface area contributed by atoms with E-state index < -0.39 is 0 Å². The number of rotatable bonds is 7. The third-order valence-corrected chi connectivity index (χ3v) is 5.03. The van der Waals surface area contributed by atoms with E-state index in [1.807, 2.05) is 7.05 Å². The van der Waals surface area contributed by atoms with Gasteiger partial charge in [-0.1, -0.05) is 32.9 Å². The molecule has 1 N–H and O–H groups in total. The molecule has 1 heterocycles. The molecule has 0 saturated heterocycles. The lowest BCUT2D eigenvalue weighted by molar-refractivity contribution is 0.309. The number of hydrogen-bond acceptors (Lipinski definition) is 3. The molecule has 0 spiro atoms. The van der Waals surface area contributed by atoms with Crippen LogP contribution in [0.2, 0.25) is 0 Å². The minimum atomic E-state index is 0.230. The van der Waals surface area contributed by atoms with E-state index in [1.165, 1.54) is 15.3 Å². The van der Waals surface area contributed by atoms with Gasteiger partial charge in [-0.3, -0.25) is 0 Å². The van der Waals surface area contributed by atoms with Crippen molar-refractivity contribution in [3.63, 3.8) is 0 Å². The largest absolute Gasteiger partial charge is 0.488 e. The molecule has 0 bridgehead atoms. The summed E-state index contributed by atoms with van der Waals surface area (Å²) < 4.78 is 5.87. The zero-order valence-corrected chi connectivity index (χ0v) is 14.2. The Hall–Kier alpha value is -1.32. The van der Waals surface area contributed by atoms with E-state index in [0.717, 1.165) is 18.7 Å². The number of thiophene rings is 1. The Morgan fingerprint density at radius 1 is 1.05 bits per heavy atom. The topological polar surface area (TPSA) is 21.3 Å². The Balaban J connectivity index is 1.94. The molecule has 0 aliphatic heterocycles. The highest BCUT2D eigenvalue weighted by molar-refractivity contribution is 7.11. The molecule has 0 unspecified atom stereocenters. The molecule has 0 saturated carbocycles. The van der Waals surface area contributed by atoms with Crippen molar-refractivity contribution >= 4 is 11.3 Å². The summed E-state index contributed by atoms with van der Waals surface area (Å²) in [7, 11) is 1.97. The first-order valence-electron chi connectivity index (χ1n) is 7.50. The lowest BCUT2D eigenvalue weighted by atomic mass is 9.82. The quantitative estimate of drug-likeness (QED) is 0.798. The fraction of sp³-hybridized carbons (Fsp3) is 0.444. The molecule has 0 amide bonds. The normalized spacial score (nSPS) is 11.6. The Labute approximate surface area is 132 Å². The highest BCUT2D eigenvalue weighted by atomic mass is 32.1. The minimum absolute atomic E-state index is 0.230. The molecule has 0 fully saturated rings. The number of nitrogens with one attached hydrogen (secondary N) is 1. The highest BCUT2D eigenvalue weighted by Gasteiger charge is 2.17. The smallest absolute Gasteiger partial charge is 0.122 e. The van der Waals surface area contributed by atoms with E-state index in [2.05, 4.69) is 62.5 Å². The Bertz CT molecular complexity index is 557. The third-order valence-electron chi connectivity index (χ3n) is 3.97. The van der Waals surface area contributed by atoms with Gasteiger partial charge >= 0.3 is 0 Å². The van der Waals surface area contributed by atoms with Crippen LogP contribution in [-0.2, 0) is 18.6 Å². The lowest BCUT2D eigenvalue weighted by Crippen LogP contribution is -2.14. The van der Waals surface area contributed by atoms with Gasteiger partial charge in [0.15, 0.2) is 0 Å². The molecular formula is C18H25NOS. The maximum absolute atomic E-state index is 5.87. The average molecular weight is 303 g/mol. The van der Waals surface area contributed by atoms with E-state index >= 15 is 0 Å². The summed E-state index contributed by atoms with van der Waals surface area (Å²) in [4.78, 5) is 2.61. The number of ether oxygens (including phenoxy) is 1. The second kappa shape index (κ2) is 7.10. The molecule has 0 atom stereocenters. The second-order valence-electron chi connectivity index (χ2n) is 5.95. The van der Waals surface area contributed by atoms with Crippen molar-refractivity contribution in [3.8, 4) is 5.75 Å². The molecule has 2 nitrogen and oxygen atoms in total. The third kappa shape index (κ3) is 4.32. The molecule has 114 valence electrons. The molecule has 1 aromatic carbocycles. The fourth-order valence-corrected chi connectivity index (χ4v) is 3.07. The number of benzene rings is 1. The minimum Gasteiger partial charge on any atom is -0.488 e. The van der Waals surface area contributed by atoms with Crippen molar-refractivity contribution in [1.29, 1.82) is 0 Å². The van der Waals surface area contributed by atoms with Crippen molar-refractivity contribution in [2.45, 2.75) is 45.8 Å². The van der Waals surface area contributed by atoms with Crippen LogP contribution in [0.15, 0.2) is 36.4 Å². The van der Waals surface area contributed by atoms with Gasteiger partial charge in [0.1, 0.15) is 12.4 Å². The summed E-state index contributed by atoms with van der Waals surface area (Å²) in [5.74, 6) is 0.939. The van der Waals surface area contributed by atoms with Crippen molar-refractivity contribution in [1.82, 2.24) is 5.32 Å². The molecule has 2 rings (SSSR count). The number of hydrogen-bond donors (Lipinski definition) is 1. The lowest BCUT2D eigenvalue weighted by Gasteiger charge is -2.23. The van der Waals surface area contributed by atoms with Crippen LogP contribution in [0.1, 0.15) is 42.5 Å². The molecule has 1 aromatic heterocycles. The molecule has 0 aliphatic rings. The Morgan fingerprint density at radius 3 is 2.33 bits per heavy atom. The molecule has 3 heteroatoms. The highest BCUT2D eigenvalue weighted by Crippen LogP contribution is 2.28. The van der Waals surface area contributed by atoms with Crippen LogP contribution in [0.4, 0.5) is 0 Å². The van der Waals surface area contributed by atoms with Crippen LogP contribution < -0.4 is 10.1 Å². The maximum Gasteiger partial charge on any atom is 0.122 e. The average Bonchev–Trinajstić information content (AvgIpc) is 2.94. The first-order valence-corrected chi connectivity index (χ1v) is 8.32. The molecule has 0 radical (unpaired) electrons. The van der Waals surface area contributed by atoms with Crippen LogP contribution in [0.5, 0.6) is 5.75 Å². The summed E-state index contributed by atoms with van der Waals surface area (Å²) in [6.45, 7) is 8.34. The zero-order valence-electron chi connectivity index (χ0n) is 13.4. The predicted octanol–water partition coefficient (Wildman–Crippen LogP) is 4.73. The monoisotopic (exact) mass is 303 g/mol. The summed E-state index contributed by atoms with van der Waals surface area (Å²) in [5.41, 5.74) is 1.60. The maximum atomic E-state index is 5.87. The Morgan fingerprint density at radius 2 is 1.71 bits per heavy atom. The molecule has 0 aliphatic carbocycles. The van der Waals surface area contributed by atoms with Crippen LogP contribution in [0.25, 0.3) is 0 Å². The summed E-state index contributed by atoms with van der Waals surface area (Å²) in [6.07, 6.45) is 1.14. The van der Waals surface area contributed by atoms with Gasteiger partial charge in [-0.05, 0) is 48.7 Å². The Kier molecular flexibility index (Phi) is 5.43. The standard InChI is InChI=1S/C18H25NOS/c1-5-18(2,3)14-6-8-15(9-7-14)20-13-17-11-10-16(21-17)12-19-4/h6-11,19H,5,12-13H2,1-4H3. The first kappa shape index (κ1) is 16.1. The second-order valence-corrected chi connectivity index (χ2v) is 7.20. The van der Waals surface area contributed by atoms with Crippen LogP contribution in [0, 0.1) is 0 Å². The van der Waals surface area contributed by atoms with Gasteiger partial charge in [-0.25, -0.2) is 0 Å². The van der Waals surface area contributed by atoms with Crippen LogP contribution in [0.3, 0.4) is 0 Å². The van der Waals surface area contributed by atoms with Gasteiger partial charge in [-0.2, -0.15) is 0 Å². The molecular weight excluding hydrogens is 278 g/mol. The summed E-state index contributed by atoms with van der Waals surface area (Å²) >= 11 is 1.80. The van der Waals surface area contributed by atoms with Gasteiger partial charge in [-0.15, -0.1) is 11.3 Å². The van der Waals surface area contributed by atoms with E-state index in [-0.39, 0.29) is 5.41 Å². The van der Waals surface area contributed by atoms with Gasteiger partial charge in [0.2, 0.25) is 0 Å². The van der Waals surface area contributed by atoms with Crippen LogP contribution in [-0.4, -0.2) is 7.05 Å². The van der Waals surface area contributed by atoms with E-state index in [1.54, 1.807) is 11.3 Å². The first-order chi connectivity index (χ1) is 10.0.